The molecule has 0 heterocycles. The maximum absolute atomic E-state index is 13.1. The summed E-state index contributed by atoms with van der Waals surface area (Å²) in [5.41, 5.74) is 4.96. The second kappa shape index (κ2) is 3.53. The highest BCUT2D eigenvalue weighted by atomic mass is 19.1. The van der Waals surface area contributed by atoms with Gasteiger partial charge >= 0.3 is 5.97 Å². The van der Waals surface area contributed by atoms with Gasteiger partial charge in [-0.05, 0) is 18.6 Å². The maximum Gasteiger partial charge on any atom is 0.341 e. The molecule has 14 heavy (non-hydrogen) atoms. The molecule has 0 radical (unpaired) electrons. The van der Waals surface area contributed by atoms with Crippen molar-refractivity contribution >= 4 is 11.7 Å². The minimum absolute atomic E-state index is 0.0939. The Morgan fingerprint density at radius 1 is 1.64 bits per heavy atom. The van der Waals surface area contributed by atoms with Crippen molar-refractivity contribution in [3.8, 4) is 5.75 Å². The van der Waals surface area contributed by atoms with Crippen molar-refractivity contribution in [1.29, 1.82) is 0 Å². The monoisotopic (exact) mass is 199 g/mol. The number of methoxy groups -OCH3 is 1. The van der Waals surface area contributed by atoms with Crippen LogP contribution in [-0.4, -0.2) is 18.2 Å². The van der Waals surface area contributed by atoms with Gasteiger partial charge in [-0.1, -0.05) is 0 Å². The van der Waals surface area contributed by atoms with Crippen LogP contribution in [0.4, 0.5) is 10.1 Å². The Morgan fingerprint density at radius 3 is 2.64 bits per heavy atom. The van der Waals surface area contributed by atoms with Crippen LogP contribution in [0.3, 0.4) is 0 Å². The number of carbonyl (C=O) groups is 1. The fraction of sp³-hybridized carbons (Fsp3) is 0.222. The normalized spacial score (nSPS) is 9.93. The van der Waals surface area contributed by atoms with E-state index >= 15 is 0 Å². The smallest absolute Gasteiger partial charge is 0.341 e. The molecule has 0 bridgehead atoms. The fourth-order valence-electron chi connectivity index (χ4n) is 1.25. The van der Waals surface area contributed by atoms with Crippen LogP contribution in [0, 0.1) is 12.7 Å². The fourth-order valence-corrected chi connectivity index (χ4v) is 1.25. The quantitative estimate of drug-likeness (QED) is 0.706. The van der Waals surface area contributed by atoms with Gasteiger partial charge in [-0.25, -0.2) is 9.18 Å². The van der Waals surface area contributed by atoms with E-state index < -0.39 is 17.5 Å². The summed E-state index contributed by atoms with van der Waals surface area (Å²) in [4.78, 5) is 10.8. The molecule has 1 aromatic carbocycles. The Hall–Kier alpha value is -1.78. The van der Waals surface area contributed by atoms with E-state index in [1.165, 1.54) is 7.11 Å². The number of nitrogens with two attached hydrogens (primary N) is 1. The van der Waals surface area contributed by atoms with Crippen LogP contribution < -0.4 is 10.5 Å². The van der Waals surface area contributed by atoms with E-state index in [-0.39, 0.29) is 11.3 Å². The molecule has 0 aliphatic carbocycles. The number of halogens is 1. The summed E-state index contributed by atoms with van der Waals surface area (Å²) < 4.78 is 17.9. The molecule has 0 spiro atoms. The van der Waals surface area contributed by atoms with Crippen molar-refractivity contribution in [2.45, 2.75) is 6.92 Å². The topological polar surface area (TPSA) is 72.5 Å². The summed E-state index contributed by atoms with van der Waals surface area (Å²) in [6.07, 6.45) is 0. The number of carboxylic acids is 1. The number of nitrogen functional groups attached to an aromatic ring is 1. The zero-order chi connectivity index (χ0) is 10.9. The van der Waals surface area contributed by atoms with Crippen LogP contribution in [0.5, 0.6) is 5.75 Å². The predicted molar refractivity (Wildman–Crippen MR) is 49.1 cm³/mol. The molecule has 5 heteroatoms. The Kier molecular flexibility index (Phi) is 2.60. The highest BCUT2D eigenvalue weighted by Crippen LogP contribution is 2.30. The minimum atomic E-state index is -1.30. The van der Waals surface area contributed by atoms with Crippen molar-refractivity contribution in [2.75, 3.05) is 12.8 Å². The van der Waals surface area contributed by atoms with Gasteiger partial charge in [-0.2, -0.15) is 0 Å². The van der Waals surface area contributed by atoms with Gasteiger partial charge in [-0.15, -0.1) is 0 Å². The Labute approximate surface area is 80.1 Å². The molecule has 0 aromatic heterocycles. The molecule has 4 nitrogen and oxygen atoms in total. The first-order valence-corrected chi connectivity index (χ1v) is 3.85. The third kappa shape index (κ3) is 1.48. The molecule has 76 valence electrons. The molecule has 0 aliphatic heterocycles. The number of anilines is 1. The number of aryl methyl sites for hydroxylation is 1. The number of aromatic carboxylic acids is 1. The molecule has 0 fully saturated rings. The molecular formula is C9H10FNO3. The lowest BCUT2D eigenvalue weighted by Crippen LogP contribution is -2.08. The molecule has 0 saturated carbocycles. The molecule has 0 unspecified atom stereocenters. The van der Waals surface area contributed by atoms with E-state index in [1.807, 2.05) is 0 Å². The van der Waals surface area contributed by atoms with Crippen molar-refractivity contribution < 1.29 is 19.0 Å². The molecule has 1 aromatic rings. The van der Waals surface area contributed by atoms with Crippen molar-refractivity contribution in [2.24, 2.45) is 0 Å². The number of hydrogen-bond acceptors (Lipinski definition) is 3. The van der Waals surface area contributed by atoms with Crippen molar-refractivity contribution in [3.05, 3.63) is 23.0 Å². The van der Waals surface area contributed by atoms with Crippen molar-refractivity contribution in [1.82, 2.24) is 0 Å². The van der Waals surface area contributed by atoms with Crippen LogP contribution in [0.15, 0.2) is 6.07 Å². The lowest BCUT2D eigenvalue weighted by atomic mass is 10.1. The first kappa shape index (κ1) is 10.3. The van der Waals surface area contributed by atoms with Gasteiger partial charge in [0, 0.05) is 0 Å². The number of benzene rings is 1. The van der Waals surface area contributed by atoms with Crippen LogP contribution in [-0.2, 0) is 0 Å². The van der Waals surface area contributed by atoms with Gasteiger partial charge in [0.05, 0.1) is 12.8 Å². The maximum atomic E-state index is 13.1. The molecule has 1 rings (SSSR count). The second-order valence-electron chi connectivity index (χ2n) is 2.80. The lowest BCUT2D eigenvalue weighted by molar-refractivity contribution is 0.0694. The largest absolute Gasteiger partial charge is 0.495 e. The molecule has 0 saturated heterocycles. The third-order valence-corrected chi connectivity index (χ3v) is 1.87. The molecule has 0 aliphatic rings. The number of hydrogen-bond donors (Lipinski definition) is 2. The molecular weight excluding hydrogens is 189 g/mol. The molecule has 3 N–H and O–H groups in total. The summed E-state index contributed by atoms with van der Waals surface area (Å²) in [6, 6.07) is 1.14. The van der Waals surface area contributed by atoms with Gasteiger partial charge in [0.15, 0.2) is 0 Å². The molecule has 0 amide bonds. The van der Waals surface area contributed by atoms with Crippen LogP contribution in [0.25, 0.3) is 0 Å². The third-order valence-electron chi connectivity index (χ3n) is 1.87. The van der Waals surface area contributed by atoms with E-state index in [0.29, 0.717) is 5.56 Å². The molecule has 0 atom stereocenters. The van der Waals surface area contributed by atoms with E-state index in [0.717, 1.165) is 6.07 Å². The standard InChI is InChI=1S/C9H10FNO3/c1-4-3-5(10)7(11)6(9(12)13)8(4)14-2/h3H,11H2,1-2H3,(H,12,13). The van der Waals surface area contributed by atoms with Crippen molar-refractivity contribution in [3.63, 3.8) is 0 Å². The van der Waals surface area contributed by atoms with E-state index in [4.69, 9.17) is 15.6 Å². The number of ether oxygens (including phenoxy) is 1. The van der Waals surface area contributed by atoms with Gasteiger partial charge in [0.1, 0.15) is 17.1 Å². The summed E-state index contributed by atoms with van der Waals surface area (Å²) >= 11 is 0. The summed E-state index contributed by atoms with van der Waals surface area (Å²) in [7, 11) is 1.31. The summed E-state index contributed by atoms with van der Waals surface area (Å²) in [5.74, 6) is -1.96. The summed E-state index contributed by atoms with van der Waals surface area (Å²) in [6.45, 7) is 1.55. The highest BCUT2D eigenvalue weighted by molar-refractivity contribution is 5.97. The Bertz CT molecular complexity index is 390. The number of rotatable bonds is 2. The van der Waals surface area contributed by atoms with Crippen LogP contribution >= 0.6 is 0 Å². The average molecular weight is 199 g/mol. The van der Waals surface area contributed by atoms with Gasteiger partial charge in [0.25, 0.3) is 0 Å². The highest BCUT2D eigenvalue weighted by Gasteiger charge is 2.20. The number of carboxylic acid groups (broad SMARTS) is 1. The first-order valence-electron chi connectivity index (χ1n) is 3.85. The lowest BCUT2D eigenvalue weighted by Gasteiger charge is -2.11. The van der Waals surface area contributed by atoms with Crippen LogP contribution in [0.1, 0.15) is 15.9 Å². The zero-order valence-electron chi connectivity index (χ0n) is 7.80. The average Bonchev–Trinajstić information content (AvgIpc) is 2.10. The Balaban J connectivity index is 3.56. The van der Waals surface area contributed by atoms with Gasteiger partial charge in [-0.3, -0.25) is 0 Å². The Morgan fingerprint density at radius 2 is 2.21 bits per heavy atom. The van der Waals surface area contributed by atoms with E-state index in [1.54, 1.807) is 6.92 Å². The van der Waals surface area contributed by atoms with Crippen LogP contribution in [0.2, 0.25) is 0 Å². The van der Waals surface area contributed by atoms with Gasteiger partial charge in [0.2, 0.25) is 0 Å². The van der Waals surface area contributed by atoms with Gasteiger partial charge < -0.3 is 15.6 Å². The minimum Gasteiger partial charge on any atom is -0.495 e. The first-order chi connectivity index (χ1) is 6.49. The zero-order valence-corrected chi connectivity index (χ0v) is 7.80. The second-order valence-corrected chi connectivity index (χ2v) is 2.80. The van der Waals surface area contributed by atoms with E-state index in [9.17, 15) is 9.18 Å². The predicted octanol–water partition coefficient (Wildman–Crippen LogP) is 1.42. The summed E-state index contributed by atoms with van der Waals surface area (Å²) in [5, 5.41) is 8.80. The SMILES string of the molecule is COc1c(C)cc(F)c(N)c1C(=O)O. The van der Waals surface area contributed by atoms with E-state index in [2.05, 4.69) is 0 Å².